The number of hydrogen-bond acceptors (Lipinski definition) is 3. The predicted molar refractivity (Wildman–Crippen MR) is 87.9 cm³/mol. The molecule has 0 bridgehead atoms. The Morgan fingerprint density at radius 3 is 2.90 bits per heavy atom. The van der Waals surface area contributed by atoms with E-state index in [4.69, 9.17) is 0 Å². The van der Waals surface area contributed by atoms with Crippen LogP contribution in [-0.2, 0) is 17.8 Å². The topological polar surface area (TPSA) is 46.9 Å². The van der Waals surface area contributed by atoms with Gasteiger partial charge in [0, 0.05) is 17.8 Å². The van der Waals surface area contributed by atoms with Gasteiger partial charge in [0.1, 0.15) is 0 Å². The lowest BCUT2D eigenvalue weighted by Gasteiger charge is -2.06. The van der Waals surface area contributed by atoms with Crippen LogP contribution in [0.15, 0.2) is 17.5 Å². The summed E-state index contributed by atoms with van der Waals surface area (Å²) in [6, 6.07) is 4.17. The third kappa shape index (κ3) is 4.17. The molecule has 114 valence electrons. The van der Waals surface area contributed by atoms with Crippen molar-refractivity contribution in [3.05, 3.63) is 33.8 Å². The quantitative estimate of drug-likeness (QED) is 0.842. The third-order valence-electron chi connectivity index (χ3n) is 3.49. The second kappa shape index (κ2) is 7.41. The van der Waals surface area contributed by atoms with Crippen molar-refractivity contribution >= 4 is 22.9 Å². The fourth-order valence-electron chi connectivity index (χ4n) is 2.39. The SMILES string of the molecule is CCCn1nc(C)c(NC(=O)CCCc2cccs2)c1C. The maximum absolute atomic E-state index is 12.1. The highest BCUT2D eigenvalue weighted by Crippen LogP contribution is 2.20. The molecule has 2 aromatic heterocycles. The van der Waals surface area contributed by atoms with E-state index in [1.165, 1.54) is 4.88 Å². The smallest absolute Gasteiger partial charge is 0.224 e. The molecular weight excluding hydrogens is 282 g/mol. The first-order valence-electron chi connectivity index (χ1n) is 7.48. The summed E-state index contributed by atoms with van der Waals surface area (Å²) in [4.78, 5) is 13.4. The molecule has 2 rings (SSSR count). The Hall–Kier alpha value is -1.62. The molecule has 2 heterocycles. The first-order chi connectivity index (χ1) is 10.1. The minimum absolute atomic E-state index is 0.0776. The van der Waals surface area contributed by atoms with Crippen LogP contribution in [0.4, 0.5) is 5.69 Å². The van der Waals surface area contributed by atoms with Gasteiger partial charge in [0.2, 0.25) is 5.91 Å². The Bertz CT molecular complexity index is 587. The Kier molecular flexibility index (Phi) is 5.56. The molecule has 5 heteroatoms. The molecule has 0 aliphatic carbocycles. The van der Waals surface area contributed by atoms with Crippen LogP contribution in [0.25, 0.3) is 0 Å². The molecule has 0 aliphatic heterocycles. The zero-order chi connectivity index (χ0) is 15.2. The van der Waals surface area contributed by atoms with Crippen LogP contribution in [0.3, 0.4) is 0 Å². The normalized spacial score (nSPS) is 10.8. The summed E-state index contributed by atoms with van der Waals surface area (Å²) in [5.74, 6) is 0.0776. The van der Waals surface area contributed by atoms with Crippen molar-refractivity contribution in [3.63, 3.8) is 0 Å². The summed E-state index contributed by atoms with van der Waals surface area (Å²) in [7, 11) is 0. The number of thiophene rings is 1. The fraction of sp³-hybridized carbons (Fsp3) is 0.500. The Morgan fingerprint density at radius 1 is 1.43 bits per heavy atom. The van der Waals surface area contributed by atoms with Crippen LogP contribution in [0.1, 0.15) is 42.5 Å². The number of carbonyl (C=O) groups excluding carboxylic acids is 1. The molecule has 0 fully saturated rings. The van der Waals surface area contributed by atoms with Gasteiger partial charge >= 0.3 is 0 Å². The number of anilines is 1. The van der Waals surface area contributed by atoms with Crippen LogP contribution in [0, 0.1) is 13.8 Å². The van der Waals surface area contributed by atoms with E-state index in [1.807, 2.05) is 18.5 Å². The van der Waals surface area contributed by atoms with Gasteiger partial charge in [-0.05, 0) is 44.6 Å². The highest BCUT2D eigenvalue weighted by Gasteiger charge is 2.13. The molecule has 21 heavy (non-hydrogen) atoms. The van der Waals surface area contributed by atoms with Crippen LogP contribution in [-0.4, -0.2) is 15.7 Å². The molecule has 1 N–H and O–H groups in total. The summed E-state index contributed by atoms with van der Waals surface area (Å²) in [6.45, 7) is 6.97. The van der Waals surface area contributed by atoms with Crippen molar-refractivity contribution in [3.8, 4) is 0 Å². The van der Waals surface area contributed by atoms with Gasteiger partial charge < -0.3 is 5.32 Å². The summed E-state index contributed by atoms with van der Waals surface area (Å²) >= 11 is 1.75. The van der Waals surface area contributed by atoms with Gasteiger partial charge in [0.05, 0.1) is 17.1 Å². The van der Waals surface area contributed by atoms with E-state index < -0.39 is 0 Å². The molecule has 0 radical (unpaired) electrons. The molecule has 4 nitrogen and oxygen atoms in total. The molecular formula is C16H23N3OS. The standard InChI is InChI=1S/C16H23N3OS/c1-4-10-19-13(3)16(12(2)18-19)17-15(20)9-5-7-14-8-6-11-21-14/h6,8,11H,4-5,7,9-10H2,1-3H3,(H,17,20). The van der Waals surface area contributed by atoms with Gasteiger partial charge in [0.15, 0.2) is 0 Å². The van der Waals surface area contributed by atoms with Gasteiger partial charge in [-0.15, -0.1) is 11.3 Å². The monoisotopic (exact) mass is 305 g/mol. The lowest BCUT2D eigenvalue weighted by molar-refractivity contribution is -0.116. The zero-order valence-electron chi connectivity index (χ0n) is 13.0. The number of aryl methyl sites for hydroxylation is 3. The Labute approximate surface area is 130 Å². The summed E-state index contributed by atoms with van der Waals surface area (Å²) in [6.07, 6.45) is 3.44. The largest absolute Gasteiger partial charge is 0.323 e. The van der Waals surface area contributed by atoms with Crippen LogP contribution in [0.5, 0.6) is 0 Å². The average Bonchev–Trinajstić information content (AvgIpc) is 3.04. The van der Waals surface area contributed by atoms with Crippen molar-refractivity contribution in [2.45, 2.75) is 53.0 Å². The van der Waals surface area contributed by atoms with Gasteiger partial charge in [-0.2, -0.15) is 5.10 Å². The zero-order valence-corrected chi connectivity index (χ0v) is 13.8. The molecule has 1 amide bonds. The van der Waals surface area contributed by atoms with E-state index in [9.17, 15) is 4.79 Å². The Morgan fingerprint density at radius 2 is 2.24 bits per heavy atom. The second-order valence-electron chi connectivity index (χ2n) is 5.25. The van der Waals surface area contributed by atoms with Gasteiger partial charge in [-0.1, -0.05) is 13.0 Å². The summed E-state index contributed by atoms with van der Waals surface area (Å²) in [5.41, 5.74) is 2.82. The lowest BCUT2D eigenvalue weighted by atomic mass is 10.2. The number of nitrogens with zero attached hydrogens (tertiary/aromatic N) is 2. The molecule has 0 aromatic carbocycles. The molecule has 0 atom stereocenters. The number of carbonyl (C=O) groups is 1. The molecule has 0 saturated heterocycles. The van der Waals surface area contributed by atoms with Crippen LogP contribution >= 0.6 is 11.3 Å². The van der Waals surface area contributed by atoms with Gasteiger partial charge in [0.25, 0.3) is 0 Å². The second-order valence-corrected chi connectivity index (χ2v) is 6.28. The maximum atomic E-state index is 12.1. The molecule has 2 aromatic rings. The maximum Gasteiger partial charge on any atom is 0.224 e. The van der Waals surface area contributed by atoms with Crippen LogP contribution < -0.4 is 5.32 Å². The fourth-order valence-corrected chi connectivity index (χ4v) is 3.14. The lowest BCUT2D eigenvalue weighted by Crippen LogP contribution is -2.13. The molecule has 0 spiro atoms. The minimum atomic E-state index is 0.0776. The number of hydrogen-bond donors (Lipinski definition) is 1. The number of rotatable bonds is 7. The Balaban J connectivity index is 1.87. The predicted octanol–water partition coefficient (Wildman–Crippen LogP) is 3.93. The summed E-state index contributed by atoms with van der Waals surface area (Å²) < 4.78 is 1.97. The van der Waals surface area contributed by atoms with Crippen molar-refractivity contribution < 1.29 is 4.79 Å². The minimum Gasteiger partial charge on any atom is -0.323 e. The molecule has 0 unspecified atom stereocenters. The van der Waals surface area contributed by atoms with E-state index in [2.05, 4.69) is 34.9 Å². The van der Waals surface area contributed by atoms with Crippen molar-refractivity contribution in [1.82, 2.24) is 9.78 Å². The first-order valence-corrected chi connectivity index (χ1v) is 8.36. The van der Waals surface area contributed by atoms with E-state index in [0.717, 1.165) is 42.9 Å². The highest BCUT2D eigenvalue weighted by atomic mass is 32.1. The van der Waals surface area contributed by atoms with Crippen LogP contribution in [0.2, 0.25) is 0 Å². The molecule has 0 aliphatic rings. The van der Waals surface area contributed by atoms with Crippen molar-refractivity contribution in [2.75, 3.05) is 5.32 Å². The number of nitrogens with one attached hydrogen (secondary N) is 1. The number of aromatic nitrogens is 2. The van der Waals surface area contributed by atoms with E-state index in [1.54, 1.807) is 11.3 Å². The average molecular weight is 305 g/mol. The van der Waals surface area contributed by atoms with Gasteiger partial charge in [-0.25, -0.2) is 0 Å². The van der Waals surface area contributed by atoms with E-state index in [0.29, 0.717) is 6.42 Å². The van der Waals surface area contributed by atoms with Gasteiger partial charge in [-0.3, -0.25) is 9.48 Å². The third-order valence-corrected chi connectivity index (χ3v) is 4.42. The van der Waals surface area contributed by atoms with E-state index in [-0.39, 0.29) is 5.91 Å². The van der Waals surface area contributed by atoms with Crippen molar-refractivity contribution in [1.29, 1.82) is 0 Å². The molecule has 0 saturated carbocycles. The summed E-state index contributed by atoms with van der Waals surface area (Å²) in [5, 5.41) is 9.57. The van der Waals surface area contributed by atoms with Crippen molar-refractivity contribution in [2.24, 2.45) is 0 Å². The number of amides is 1. The highest BCUT2D eigenvalue weighted by molar-refractivity contribution is 7.09. The van der Waals surface area contributed by atoms with E-state index >= 15 is 0 Å². The first kappa shape index (κ1) is 15.8.